The summed E-state index contributed by atoms with van der Waals surface area (Å²) in [5.74, 6) is 0.660. The number of aliphatic hydroxyl groups excluding tert-OH is 1. The molecule has 0 aliphatic carbocycles. The first-order valence-corrected chi connectivity index (χ1v) is 9.52. The van der Waals surface area contributed by atoms with Crippen molar-refractivity contribution in [2.75, 3.05) is 32.8 Å². The first-order valence-electron chi connectivity index (χ1n) is 9.52. The molecule has 1 unspecified atom stereocenters. The molecule has 5 heteroatoms. The highest BCUT2D eigenvalue weighted by Crippen LogP contribution is 2.20. The predicted octanol–water partition coefficient (Wildman–Crippen LogP) is 1.73. The summed E-state index contributed by atoms with van der Waals surface area (Å²) >= 11 is 0. The third-order valence-electron chi connectivity index (χ3n) is 5.33. The van der Waals surface area contributed by atoms with Gasteiger partial charge in [0.2, 0.25) is 5.91 Å². The summed E-state index contributed by atoms with van der Waals surface area (Å²) in [6.07, 6.45) is 4.11. The number of nitrogens with zero attached hydrogens (tertiary/aromatic N) is 1. The molecule has 0 aromatic heterocycles. The molecule has 1 fully saturated rings. The Morgan fingerprint density at radius 3 is 2.84 bits per heavy atom. The Morgan fingerprint density at radius 2 is 2.04 bits per heavy atom. The lowest BCUT2D eigenvalue weighted by Gasteiger charge is -2.30. The van der Waals surface area contributed by atoms with Crippen molar-refractivity contribution in [2.45, 2.75) is 44.8 Å². The Morgan fingerprint density at radius 1 is 1.28 bits per heavy atom. The van der Waals surface area contributed by atoms with Crippen molar-refractivity contribution in [3.63, 3.8) is 0 Å². The van der Waals surface area contributed by atoms with E-state index in [2.05, 4.69) is 34.5 Å². The molecule has 138 valence electrons. The molecule has 5 nitrogen and oxygen atoms in total. The minimum Gasteiger partial charge on any atom is -0.390 e. The fraction of sp³-hybridized carbons (Fsp3) is 0.650. The standard InChI is InChI=1S/C20H30N2O3/c23-19(13-21-20(24)6-5-16-8-11-25-12-9-16)15-22-10-7-17-3-1-2-4-18(17)14-22/h1-4,16,19,23H,5-15H2,(H,21,24). The molecule has 2 heterocycles. The van der Waals surface area contributed by atoms with Gasteiger partial charge in [-0.3, -0.25) is 9.69 Å². The largest absolute Gasteiger partial charge is 0.390 e. The van der Waals surface area contributed by atoms with E-state index in [0.717, 1.165) is 52.0 Å². The third-order valence-corrected chi connectivity index (χ3v) is 5.33. The Hall–Kier alpha value is -1.43. The zero-order chi connectivity index (χ0) is 17.5. The maximum absolute atomic E-state index is 12.0. The van der Waals surface area contributed by atoms with Crippen LogP contribution in [0.3, 0.4) is 0 Å². The number of benzene rings is 1. The summed E-state index contributed by atoms with van der Waals surface area (Å²) in [7, 11) is 0. The lowest BCUT2D eigenvalue weighted by Crippen LogP contribution is -2.42. The number of hydrogen-bond donors (Lipinski definition) is 2. The van der Waals surface area contributed by atoms with Crippen LogP contribution in [-0.2, 0) is 22.5 Å². The van der Waals surface area contributed by atoms with Gasteiger partial charge in [-0.2, -0.15) is 0 Å². The van der Waals surface area contributed by atoms with Gasteiger partial charge < -0.3 is 15.2 Å². The second-order valence-corrected chi connectivity index (χ2v) is 7.31. The van der Waals surface area contributed by atoms with Crippen LogP contribution in [0.5, 0.6) is 0 Å². The van der Waals surface area contributed by atoms with E-state index < -0.39 is 6.10 Å². The maximum Gasteiger partial charge on any atom is 0.220 e. The third kappa shape index (κ3) is 5.80. The Bertz CT molecular complexity index is 558. The molecule has 0 radical (unpaired) electrons. The Kier molecular flexibility index (Phi) is 6.84. The van der Waals surface area contributed by atoms with Gasteiger partial charge in [0.25, 0.3) is 0 Å². The van der Waals surface area contributed by atoms with Crippen molar-refractivity contribution in [3.05, 3.63) is 35.4 Å². The van der Waals surface area contributed by atoms with Crippen LogP contribution in [0.25, 0.3) is 0 Å². The molecule has 1 atom stereocenters. The van der Waals surface area contributed by atoms with Crippen LogP contribution in [0, 0.1) is 5.92 Å². The van der Waals surface area contributed by atoms with E-state index in [0.29, 0.717) is 25.4 Å². The van der Waals surface area contributed by atoms with Gasteiger partial charge in [0.1, 0.15) is 0 Å². The number of fused-ring (bicyclic) bond motifs is 1. The number of nitrogens with one attached hydrogen (secondary N) is 1. The Balaban J connectivity index is 1.32. The zero-order valence-electron chi connectivity index (χ0n) is 15.0. The lowest BCUT2D eigenvalue weighted by atomic mass is 9.95. The molecule has 1 aromatic carbocycles. The molecule has 1 amide bonds. The van der Waals surface area contributed by atoms with Crippen molar-refractivity contribution in [1.29, 1.82) is 0 Å². The lowest BCUT2D eigenvalue weighted by molar-refractivity contribution is -0.122. The summed E-state index contributed by atoms with van der Waals surface area (Å²) in [6, 6.07) is 8.49. The van der Waals surface area contributed by atoms with E-state index >= 15 is 0 Å². The molecule has 2 N–H and O–H groups in total. The monoisotopic (exact) mass is 346 g/mol. The quantitative estimate of drug-likeness (QED) is 0.789. The highest BCUT2D eigenvalue weighted by Gasteiger charge is 2.19. The first kappa shape index (κ1) is 18.4. The molecule has 2 aliphatic heterocycles. The van der Waals surface area contributed by atoms with Crippen molar-refractivity contribution in [3.8, 4) is 0 Å². The van der Waals surface area contributed by atoms with Gasteiger partial charge in [-0.05, 0) is 42.7 Å². The van der Waals surface area contributed by atoms with Gasteiger partial charge >= 0.3 is 0 Å². The number of aliphatic hydroxyl groups is 1. The molecule has 25 heavy (non-hydrogen) atoms. The molecule has 0 bridgehead atoms. The second-order valence-electron chi connectivity index (χ2n) is 7.31. The zero-order valence-corrected chi connectivity index (χ0v) is 15.0. The average Bonchev–Trinajstić information content (AvgIpc) is 2.65. The fourth-order valence-corrected chi connectivity index (χ4v) is 3.76. The van der Waals surface area contributed by atoms with Crippen molar-refractivity contribution in [1.82, 2.24) is 10.2 Å². The second kappa shape index (κ2) is 9.32. The molecular weight excluding hydrogens is 316 g/mol. The summed E-state index contributed by atoms with van der Waals surface area (Å²) in [4.78, 5) is 14.2. The summed E-state index contributed by atoms with van der Waals surface area (Å²) in [6.45, 7) is 4.43. The first-order chi connectivity index (χ1) is 12.2. The van der Waals surface area contributed by atoms with Crippen LogP contribution in [0.4, 0.5) is 0 Å². The highest BCUT2D eigenvalue weighted by molar-refractivity contribution is 5.75. The molecule has 0 spiro atoms. The number of ether oxygens (including phenoxy) is 1. The number of rotatable bonds is 7. The van der Waals surface area contributed by atoms with Crippen molar-refractivity contribution >= 4 is 5.91 Å². The van der Waals surface area contributed by atoms with Gasteiger partial charge in [-0.15, -0.1) is 0 Å². The van der Waals surface area contributed by atoms with Crippen molar-refractivity contribution < 1.29 is 14.6 Å². The predicted molar refractivity (Wildman–Crippen MR) is 97.2 cm³/mol. The van der Waals surface area contributed by atoms with E-state index in [9.17, 15) is 9.90 Å². The van der Waals surface area contributed by atoms with Crippen LogP contribution in [0.15, 0.2) is 24.3 Å². The summed E-state index contributed by atoms with van der Waals surface area (Å²) in [5, 5.41) is 13.1. The molecular formula is C20H30N2O3. The topological polar surface area (TPSA) is 61.8 Å². The van der Waals surface area contributed by atoms with E-state index in [4.69, 9.17) is 4.74 Å². The van der Waals surface area contributed by atoms with Gasteiger partial charge in [-0.1, -0.05) is 24.3 Å². The molecule has 1 aromatic rings. The van der Waals surface area contributed by atoms with Gasteiger partial charge in [0.15, 0.2) is 0 Å². The minimum absolute atomic E-state index is 0.0505. The van der Waals surface area contributed by atoms with E-state index in [1.54, 1.807) is 0 Å². The van der Waals surface area contributed by atoms with Gasteiger partial charge in [0, 0.05) is 45.8 Å². The van der Waals surface area contributed by atoms with E-state index in [1.165, 1.54) is 11.1 Å². The van der Waals surface area contributed by atoms with E-state index in [-0.39, 0.29) is 5.91 Å². The van der Waals surface area contributed by atoms with E-state index in [1.807, 2.05) is 0 Å². The average molecular weight is 346 g/mol. The number of β-amino-alcohol motifs (C(OH)–C–C–N with tert-alkyl or cyclic N) is 1. The van der Waals surface area contributed by atoms with Crippen LogP contribution in [0.2, 0.25) is 0 Å². The van der Waals surface area contributed by atoms with Crippen LogP contribution in [0.1, 0.15) is 36.8 Å². The molecule has 1 saturated heterocycles. The molecule has 0 saturated carbocycles. The Labute approximate surface area is 150 Å². The number of carbonyl (C=O) groups excluding carboxylic acids is 1. The summed E-state index contributed by atoms with van der Waals surface area (Å²) in [5.41, 5.74) is 2.76. The molecule has 3 rings (SSSR count). The highest BCUT2D eigenvalue weighted by atomic mass is 16.5. The number of amides is 1. The van der Waals surface area contributed by atoms with Crippen LogP contribution >= 0.6 is 0 Å². The number of hydrogen-bond acceptors (Lipinski definition) is 4. The normalized spacial score (nSPS) is 20.0. The van der Waals surface area contributed by atoms with Gasteiger partial charge in [0.05, 0.1) is 6.10 Å². The smallest absolute Gasteiger partial charge is 0.220 e. The summed E-state index contributed by atoms with van der Waals surface area (Å²) < 4.78 is 5.34. The minimum atomic E-state index is -0.516. The maximum atomic E-state index is 12.0. The number of carbonyl (C=O) groups is 1. The van der Waals surface area contributed by atoms with Gasteiger partial charge in [-0.25, -0.2) is 0 Å². The van der Waals surface area contributed by atoms with Crippen molar-refractivity contribution in [2.24, 2.45) is 5.92 Å². The molecule has 2 aliphatic rings. The SMILES string of the molecule is O=C(CCC1CCOCC1)NCC(O)CN1CCc2ccccc2C1. The van der Waals surface area contributed by atoms with Crippen LogP contribution < -0.4 is 5.32 Å². The van der Waals surface area contributed by atoms with Crippen LogP contribution in [-0.4, -0.2) is 54.9 Å². The fourth-order valence-electron chi connectivity index (χ4n) is 3.76.